The number of H-pyrrole nitrogens is 1. The lowest BCUT2D eigenvalue weighted by Crippen LogP contribution is -2.13. The zero-order valence-electron chi connectivity index (χ0n) is 6.37. The molecule has 6 nitrogen and oxygen atoms in total. The Labute approximate surface area is 68.6 Å². The molecule has 0 aliphatic rings. The van der Waals surface area contributed by atoms with E-state index in [1.807, 2.05) is 0 Å². The molecule has 12 heavy (non-hydrogen) atoms. The number of rotatable bonds is 3. The van der Waals surface area contributed by atoms with Crippen LogP contribution in [0.5, 0.6) is 0 Å². The maximum Gasteiger partial charge on any atom is 0.271 e. The Bertz CT molecular complexity index is 294. The average molecular weight is 170 g/mol. The van der Waals surface area contributed by atoms with Crippen LogP contribution in [0.2, 0.25) is 0 Å². The van der Waals surface area contributed by atoms with Crippen molar-refractivity contribution >= 4 is 11.6 Å². The van der Waals surface area contributed by atoms with Gasteiger partial charge in [-0.15, -0.1) is 0 Å². The van der Waals surface area contributed by atoms with Crippen molar-refractivity contribution in [3.63, 3.8) is 0 Å². The summed E-state index contributed by atoms with van der Waals surface area (Å²) >= 11 is 0. The number of amides is 1. The highest BCUT2D eigenvalue weighted by Crippen LogP contribution is 2.12. The fraction of sp³-hybridized carbons (Fsp3) is 0.333. The van der Waals surface area contributed by atoms with Gasteiger partial charge in [0, 0.05) is 13.0 Å². The van der Waals surface area contributed by atoms with Gasteiger partial charge in [-0.2, -0.15) is 5.10 Å². The van der Waals surface area contributed by atoms with E-state index in [1.165, 1.54) is 0 Å². The Morgan fingerprint density at radius 3 is 2.75 bits per heavy atom. The number of nitrogen functional groups attached to an aromatic ring is 1. The third kappa shape index (κ3) is 1.37. The van der Waals surface area contributed by atoms with Crippen LogP contribution in [0.3, 0.4) is 0 Å². The molecule has 0 fully saturated rings. The Morgan fingerprint density at radius 1 is 1.67 bits per heavy atom. The summed E-state index contributed by atoms with van der Waals surface area (Å²) in [4.78, 5) is 10.6. The minimum Gasteiger partial charge on any atom is -0.396 e. The number of primary amides is 1. The Balaban J connectivity index is 2.96. The standard InChI is InChI=1S/C6H10N4O2/c7-4-3(1-2-11)9-10-5(4)6(8)12/h11H,1-2,7H2,(H2,8,12)(H,9,10). The lowest BCUT2D eigenvalue weighted by molar-refractivity contribution is 0.0996. The lowest BCUT2D eigenvalue weighted by atomic mass is 10.2. The molecule has 0 aliphatic heterocycles. The molecule has 0 atom stereocenters. The lowest BCUT2D eigenvalue weighted by Gasteiger charge is -1.94. The van der Waals surface area contributed by atoms with Gasteiger partial charge in [-0.1, -0.05) is 0 Å². The van der Waals surface area contributed by atoms with Crippen molar-refractivity contribution in [1.29, 1.82) is 0 Å². The predicted molar refractivity (Wildman–Crippen MR) is 42.3 cm³/mol. The minimum absolute atomic E-state index is 0.0263. The number of carbonyl (C=O) groups is 1. The van der Waals surface area contributed by atoms with E-state index < -0.39 is 5.91 Å². The summed E-state index contributed by atoms with van der Waals surface area (Å²) < 4.78 is 0. The molecule has 6 N–H and O–H groups in total. The molecule has 0 radical (unpaired) electrons. The second-order valence-electron chi connectivity index (χ2n) is 2.30. The van der Waals surface area contributed by atoms with Crippen molar-refractivity contribution < 1.29 is 9.90 Å². The Kier molecular flexibility index (Phi) is 2.29. The average Bonchev–Trinajstić information content (AvgIpc) is 2.34. The van der Waals surface area contributed by atoms with Crippen molar-refractivity contribution in [2.45, 2.75) is 6.42 Å². The maximum atomic E-state index is 10.6. The number of aromatic nitrogens is 2. The molecule has 0 saturated carbocycles. The monoisotopic (exact) mass is 170 g/mol. The first-order valence-electron chi connectivity index (χ1n) is 3.40. The first-order chi connectivity index (χ1) is 5.66. The van der Waals surface area contributed by atoms with Crippen LogP contribution in [0.15, 0.2) is 0 Å². The zero-order valence-corrected chi connectivity index (χ0v) is 6.37. The molecular weight excluding hydrogens is 160 g/mol. The number of aliphatic hydroxyl groups excluding tert-OH is 1. The quantitative estimate of drug-likeness (QED) is 0.447. The molecule has 6 heteroatoms. The summed E-state index contributed by atoms with van der Waals surface area (Å²) in [6.07, 6.45) is 0.339. The SMILES string of the molecule is NC(=O)c1n[nH]c(CCO)c1N. The number of aromatic amines is 1. The summed E-state index contributed by atoms with van der Waals surface area (Å²) in [6, 6.07) is 0. The molecule has 1 rings (SSSR count). The number of carbonyl (C=O) groups excluding carboxylic acids is 1. The highest BCUT2D eigenvalue weighted by atomic mass is 16.3. The minimum atomic E-state index is -0.673. The van der Waals surface area contributed by atoms with Crippen molar-refractivity contribution in [1.82, 2.24) is 10.2 Å². The Hall–Kier alpha value is -1.56. The van der Waals surface area contributed by atoms with E-state index in [0.717, 1.165) is 0 Å². The van der Waals surface area contributed by atoms with E-state index in [9.17, 15) is 4.79 Å². The molecule has 66 valence electrons. The molecule has 0 spiro atoms. The maximum absolute atomic E-state index is 10.6. The van der Waals surface area contributed by atoms with Crippen LogP contribution < -0.4 is 11.5 Å². The third-order valence-corrected chi connectivity index (χ3v) is 1.48. The molecule has 1 aromatic rings. The van der Waals surface area contributed by atoms with Gasteiger partial charge in [-0.3, -0.25) is 9.89 Å². The van der Waals surface area contributed by atoms with Crippen molar-refractivity contribution in [2.24, 2.45) is 5.73 Å². The van der Waals surface area contributed by atoms with E-state index in [4.69, 9.17) is 16.6 Å². The van der Waals surface area contributed by atoms with Crippen LogP contribution in [0, 0.1) is 0 Å². The van der Waals surface area contributed by atoms with Crippen LogP contribution in [0.1, 0.15) is 16.2 Å². The van der Waals surface area contributed by atoms with E-state index in [0.29, 0.717) is 12.1 Å². The van der Waals surface area contributed by atoms with E-state index in [-0.39, 0.29) is 18.0 Å². The number of anilines is 1. The van der Waals surface area contributed by atoms with Crippen LogP contribution in [0.25, 0.3) is 0 Å². The summed E-state index contributed by atoms with van der Waals surface area (Å²) in [5.74, 6) is -0.673. The molecule has 0 aromatic carbocycles. The highest BCUT2D eigenvalue weighted by molar-refractivity contribution is 5.96. The second-order valence-corrected chi connectivity index (χ2v) is 2.30. The van der Waals surface area contributed by atoms with Crippen LogP contribution in [-0.4, -0.2) is 27.8 Å². The number of nitrogens with two attached hydrogens (primary N) is 2. The number of nitrogens with zero attached hydrogens (tertiary/aromatic N) is 1. The molecule has 0 bridgehead atoms. The van der Waals surface area contributed by atoms with Gasteiger partial charge < -0.3 is 16.6 Å². The van der Waals surface area contributed by atoms with Crippen molar-refractivity contribution in [3.05, 3.63) is 11.4 Å². The van der Waals surface area contributed by atoms with Gasteiger partial charge in [0.15, 0.2) is 5.69 Å². The molecule has 0 unspecified atom stereocenters. The van der Waals surface area contributed by atoms with Gasteiger partial charge in [0.1, 0.15) is 0 Å². The van der Waals surface area contributed by atoms with Gasteiger partial charge in [0.05, 0.1) is 11.4 Å². The molecule has 0 saturated heterocycles. The highest BCUT2D eigenvalue weighted by Gasteiger charge is 2.13. The van der Waals surface area contributed by atoms with Crippen LogP contribution in [0.4, 0.5) is 5.69 Å². The summed E-state index contributed by atoms with van der Waals surface area (Å²) in [5, 5.41) is 14.7. The number of hydrogen-bond donors (Lipinski definition) is 4. The molecular formula is C6H10N4O2. The summed E-state index contributed by atoms with van der Waals surface area (Å²) in [5.41, 5.74) is 11.2. The van der Waals surface area contributed by atoms with E-state index >= 15 is 0 Å². The van der Waals surface area contributed by atoms with E-state index in [1.54, 1.807) is 0 Å². The number of hydrogen-bond acceptors (Lipinski definition) is 4. The summed E-state index contributed by atoms with van der Waals surface area (Å²) in [7, 11) is 0. The fourth-order valence-corrected chi connectivity index (χ4v) is 0.877. The molecule has 0 aliphatic carbocycles. The van der Waals surface area contributed by atoms with Crippen LogP contribution >= 0.6 is 0 Å². The van der Waals surface area contributed by atoms with E-state index in [2.05, 4.69) is 10.2 Å². The Morgan fingerprint density at radius 2 is 2.33 bits per heavy atom. The first-order valence-corrected chi connectivity index (χ1v) is 3.40. The van der Waals surface area contributed by atoms with Gasteiger partial charge in [0.25, 0.3) is 5.91 Å². The fourth-order valence-electron chi connectivity index (χ4n) is 0.877. The van der Waals surface area contributed by atoms with Crippen molar-refractivity contribution in [2.75, 3.05) is 12.3 Å². The summed E-state index contributed by atoms with van der Waals surface area (Å²) in [6.45, 7) is -0.0510. The molecule has 1 aromatic heterocycles. The number of aliphatic hydroxyl groups is 1. The first kappa shape index (κ1) is 8.54. The van der Waals surface area contributed by atoms with Gasteiger partial charge in [0.2, 0.25) is 0 Å². The molecule has 1 amide bonds. The zero-order chi connectivity index (χ0) is 9.14. The predicted octanol–water partition coefficient (Wildman–Crippen LogP) is -1.37. The van der Waals surface area contributed by atoms with Crippen LogP contribution in [-0.2, 0) is 6.42 Å². The smallest absolute Gasteiger partial charge is 0.271 e. The molecule has 1 heterocycles. The van der Waals surface area contributed by atoms with Gasteiger partial charge in [-0.25, -0.2) is 0 Å². The van der Waals surface area contributed by atoms with Crippen molar-refractivity contribution in [3.8, 4) is 0 Å². The van der Waals surface area contributed by atoms with Gasteiger partial charge >= 0.3 is 0 Å². The van der Waals surface area contributed by atoms with Gasteiger partial charge in [-0.05, 0) is 0 Å². The topological polar surface area (TPSA) is 118 Å². The largest absolute Gasteiger partial charge is 0.396 e. The third-order valence-electron chi connectivity index (χ3n) is 1.48. The normalized spacial score (nSPS) is 10.1. The second kappa shape index (κ2) is 3.22. The number of nitrogens with one attached hydrogen (secondary N) is 1.